The average molecular weight is 1360 g/mol. The lowest BCUT2D eigenvalue weighted by Gasteiger charge is -2.29. The van der Waals surface area contributed by atoms with E-state index in [0.717, 1.165) is 97.5 Å². The van der Waals surface area contributed by atoms with E-state index < -0.39 is 28.8 Å². The number of aromatic amines is 2. The first-order chi connectivity index (χ1) is 48.4. The van der Waals surface area contributed by atoms with Gasteiger partial charge in [0.05, 0.1) is 48.0 Å². The topological polar surface area (TPSA) is 233 Å². The summed E-state index contributed by atoms with van der Waals surface area (Å²) in [4.78, 5) is 74.0. The monoisotopic (exact) mass is 1360 g/mol. The summed E-state index contributed by atoms with van der Waals surface area (Å²) in [5, 5.41) is 15.9. The van der Waals surface area contributed by atoms with Gasteiger partial charge in [-0.2, -0.15) is 0 Å². The molecule has 1 saturated heterocycles. The maximum absolute atomic E-state index is 13.5. The largest absolute Gasteiger partial charge is 0.586 e. The van der Waals surface area contributed by atoms with Gasteiger partial charge in [0.25, 0.3) is 0 Å². The summed E-state index contributed by atoms with van der Waals surface area (Å²) in [6.07, 6.45) is 0.0613. The van der Waals surface area contributed by atoms with Gasteiger partial charge < -0.3 is 59.2 Å². The maximum atomic E-state index is 13.5. The highest BCUT2D eigenvalue weighted by Gasteiger charge is 2.55. The molecular weight excluding hydrogens is 1290 g/mol. The zero-order valence-corrected chi connectivity index (χ0v) is 53.5. The average Bonchev–Trinajstić information content (AvgIpc) is 1.60. The number of hydrogen-bond acceptors (Lipinski definition) is 14. The molecular formula is C77H71F4N9O10. The van der Waals surface area contributed by atoms with Crippen LogP contribution >= 0.6 is 0 Å². The number of ether oxygens (including phenoxy) is 6. The molecule has 3 saturated carbocycles. The minimum Gasteiger partial charge on any atom is -0.497 e. The van der Waals surface area contributed by atoms with Gasteiger partial charge in [-0.15, -0.1) is 17.6 Å². The highest BCUT2D eigenvalue weighted by molar-refractivity contribution is 6.06. The number of benzene rings is 7. The molecule has 23 heteroatoms. The Balaban J connectivity index is 0.000000154. The summed E-state index contributed by atoms with van der Waals surface area (Å²) in [6, 6.07) is 57.2. The number of nitrogens with one attached hydrogen (secondary N) is 5. The van der Waals surface area contributed by atoms with E-state index >= 15 is 0 Å². The van der Waals surface area contributed by atoms with Crippen LogP contribution in [-0.2, 0) is 35.4 Å². The van der Waals surface area contributed by atoms with Gasteiger partial charge in [0.1, 0.15) is 29.0 Å². The van der Waals surface area contributed by atoms with E-state index in [9.17, 15) is 36.7 Å². The van der Waals surface area contributed by atoms with Crippen molar-refractivity contribution in [2.24, 2.45) is 0 Å². The molecule has 0 radical (unpaired) electrons. The van der Waals surface area contributed by atoms with Crippen molar-refractivity contribution in [3.05, 3.63) is 227 Å². The smallest absolute Gasteiger partial charge is 0.497 e. The molecule has 0 unspecified atom stereocenters. The first-order valence-corrected chi connectivity index (χ1v) is 32.6. The fourth-order valence-corrected chi connectivity index (χ4v) is 13.4. The number of morpholine rings is 1. The second-order valence-corrected chi connectivity index (χ2v) is 25.5. The third-order valence-corrected chi connectivity index (χ3v) is 19.2. The summed E-state index contributed by atoms with van der Waals surface area (Å²) < 4.78 is 82.6. The van der Waals surface area contributed by atoms with Crippen LogP contribution in [0, 0.1) is 0 Å². The third kappa shape index (κ3) is 12.1. The molecule has 0 bridgehead atoms. The molecule has 6 aliphatic rings. The summed E-state index contributed by atoms with van der Waals surface area (Å²) in [5.74, 6) is 2.30. The van der Waals surface area contributed by atoms with Crippen LogP contribution in [0.15, 0.2) is 205 Å². The molecule has 512 valence electrons. The Labute approximate surface area is 574 Å². The number of halogens is 4. The van der Waals surface area contributed by atoms with E-state index in [-0.39, 0.29) is 53.4 Å². The van der Waals surface area contributed by atoms with E-state index in [1.165, 1.54) is 30.3 Å². The first-order valence-electron chi connectivity index (χ1n) is 32.6. The molecule has 4 fully saturated rings. The molecule has 12 aromatic rings. The number of alkyl halides is 4. The minimum absolute atomic E-state index is 0. The Bertz CT molecular complexity index is 5330. The summed E-state index contributed by atoms with van der Waals surface area (Å²) in [7, 11) is 1.64. The van der Waals surface area contributed by atoms with E-state index in [0.29, 0.717) is 78.7 Å². The Kier molecular flexibility index (Phi) is 15.5. The molecule has 19 nitrogen and oxygen atoms in total. The second kappa shape index (κ2) is 24.6. The van der Waals surface area contributed by atoms with Gasteiger partial charge in [-0.05, 0) is 150 Å². The number of rotatable bonds is 13. The molecule has 5 aromatic heterocycles. The summed E-state index contributed by atoms with van der Waals surface area (Å²) in [6.45, 7) is 2.97. The van der Waals surface area contributed by atoms with Gasteiger partial charge >= 0.3 is 12.6 Å². The highest BCUT2D eigenvalue weighted by Crippen LogP contribution is 2.55. The number of aromatic nitrogens is 5. The number of fused-ring (bicyclic) bond motifs is 6. The zero-order valence-electron chi connectivity index (χ0n) is 53.5. The zero-order chi connectivity index (χ0) is 68.5. The van der Waals surface area contributed by atoms with Crippen molar-refractivity contribution in [3.63, 3.8) is 0 Å². The number of hydrogen-bond donors (Lipinski definition) is 5. The lowest BCUT2D eigenvalue weighted by molar-refractivity contribution is -0.287. The fourth-order valence-electron chi connectivity index (χ4n) is 13.4. The molecule has 0 spiro atoms. The van der Waals surface area contributed by atoms with Crippen molar-refractivity contribution < 1.29 is 67.5 Å². The number of H-pyrrole nitrogens is 2. The lowest BCUT2D eigenvalue weighted by atomic mass is 9.94. The number of methoxy groups -OCH3 is 1. The second-order valence-electron chi connectivity index (χ2n) is 25.5. The quantitative estimate of drug-likeness (QED) is 0.0676. The van der Waals surface area contributed by atoms with Crippen LogP contribution in [0.5, 0.6) is 28.7 Å². The first kappa shape index (κ1) is 62.9. The van der Waals surface area contributed by atoms with Crippen molar-refractivity contribution in [2.45, 2.75) is 67.4 Å². The van der Waals surface area contributed by atoms with Crippen molar-refractivity contribution in [1.29, 1.82) is 0 Å². The Morgan fingerprint density at radius 2 is 0.940 bits per heavy atom. The molecule has 3 amide bonds. The van der Waals surface area contributed by atoms with Crippen molar-refractivity contribution >= 4 is 84.2 Å². The van der Waals surface area contributed by atoms with Crippen LogP contribution < -0.4 is 50.1 Å². The maximum Gasteiger partial charge on any atom is 0.586 e. The van der Waals surface area contributed by atoms with Crippen LogP contribution in [-0.4, -0.2) is 88.6 Å². The van der Waals surface area contributed by atoms with Gasteiger partial charge in [0.2, 0.25) is 23.3 Å². The minimum atomic E-state index is -3.72. The molecule has 3 aliphatic heterocycles. The molecule has 18 rings (SSSR count). The van der Waals surface area contributed by atoms with Crippen LogP contribution in [0.2, 0.25) is 0 Å². The van der Waals surface area contributed by atoms with E-state index in [2.05, 4.69) is 72.9 Å². The van der Waals surface area contributed by atoms with Crippen LogP contribution in [0.1, 0.15) is 62.3 Å². The van der Waals surface area contributed by atoms with E-state index in [4.69, 9.17) is 19.4 Å². The number of amides is 3. The number of pyridine rings is 4. The highest BCUT2D eigenvalue weighted by atomic mass is 19.3. The van der Waals surface area contributed by atoms with Gasteiger partial charge in [-0.25, -0.2) is 15.0 Å². The van der Waals surface area contributed by atoms with Gasteiger partial charge in [0.15, 0.2) is 23.0 Å². The van der Waals surface area contributed by atoms with E-state index in [1.54, 1.807) is 37.6 Å². The normalized spacial score (nSPS) is 17.1. The Morgan fingerprint density at radius 1 is 0.480 bits per heavy atom. The summed E-state index contributed by atoms with van der Waals surface area (Å²) in [5.41, 5.74) is 3.87. The lowest BCUT2D eigenvalue weighted by Crippen LogP contribution is -2.37. The molecule has 5 N–H and O–H groups in total. The number of carbonyl (C=O) groups is 3. The molecule has 8 heterocycles. The predicted octanol–water partition coefficient (Wildman–Crippen LogP) is 15.9. The molecule has 0 atom stereocenters. The van der Waals surface area contributed by atoms with Crippen LogP contribution in [0.3, 0.4) is 0 Å². The van der Waals surface area contributed by atoms with Gasteiger partial charge in [-0.3, -0.25) is 19.2 Å². The number of carbonyl (C=O) groups excluding carboxylic acids is 3. The third-order valence-electron chi connectivity index (χ3n) is 19.2. The molecule has 100 heavy (non-hydrogen) atoms. The van der Waals surface area contributed by atoms with E-state index in [1.807, 2.05) is 121 Å². The van der Waals surface area contributed by atoms with Gasteiger partial charge in [-0.1, -0.05) is 103 Å². The van der Waals surface area contributed by atoms with Crippen LogP contribution in [0.25, 0.3) is 65.7 Å². The standard InChI is InChI=1S/C28H19F2N3O3.C25H17F2N3O4.C24H25N3O3.5H2/c29-28(30)35-22-8-6-19(15-23(22)36-28)27(10-11-27)26(34)33-24-14-16-3-1-2-4-20(16)25(32-24)18-5-7-21-17(13-18)9-12-31-21;26-25(27)33-18-7-6-16(12-19(18)34-25)24(9-10-24)23(32)30-20-11-14-3-1-2-4-17(14)22(29-20)15-5-8-21(31)28-13-15;1-29-19-8-6-18(7-9-19)24(10-11-24)23(28)26-21-16-17-4-2-3-5-20(17)22(25-21)27-12-14-30-15-13-27;;;;;/h1-9,12-15,31H,10-11H2,(H,32,33,34);1-8,11-13H,9-10H2,(H,28,31)(H,29,30,32);2-9,16H,10-15H2,1H3,(H,25,26,28);5*1H. The van der Waals surface area contributed by atoms with Crippen molar-refractivity contribution in [2.75, 3.05) is 54.3 Å². The fraction of sp³-hybridized carbons (Fsp3) is 0.208. The predicted molar refractivity (Wildman–Crippen MR) is 379 cm³/mol. The van der Waals surface area contributed by atoms with Crippen LogP contribution in [0.4, 0.5) is 40.8 Å². The molecule has 3 aliphatic carbocycles. The molecule has 7 aromatic carbocycles. The SMILES string of the molecule is COc1ccc(C2(C(=O)Nc3cc4ccccc4c(N4CCOCC4)n3)CC2)cc1.O=C(Nc1cc2ccccc2c(-c2ccc(=O)[nH]c2)n1)C1(c2ccc3c(c2)OC(F)(F)O3)CC1.O=C(Nc1cc2ccccc2c(-c2ccc3[nH]ccc3c2)n1)C1(c2ccc3c(c2)OC(F)(F)O3)CC1.[HH].[HH].[HH].[HH].[HH]. The van der Waals surface area contributed by atoms with Gasteiger partial charge in [0, 0.05) is 76.9 Å². The summed E-state index contributed by atoms with van der Waals surface area (Å²) >= 11 is 0. The van der Waals surface area contributed by atoms with Crippen molar-refractivity contribution in [3.8, 4) is 51.3 Å². The number of anilines is 4. The Hall–Kier alpha value is -11.9. The number of nitrogens with zero attached hydrogens (tertiary/aromatic N) is 4. The Morgan fingerprint density at radius 3 is 1.45 bits per heavy atom. The van der Waals surface area contributed by atoms with Crippen molar-refractivity contribution in [1.82, 2.24) is 24.9 Å².